The Bertz CT molecular complexity index is 898. The number of fused-ring (bicyclic) bond motifs is 1. The topological polar surface area (TPSA) is 80.6 Å². The van der Waals surface area contributed by atoms with Crippen molar-refractivity contribution < 1.29 is 18.7 Å². The lowest BCUT2D eigenvalue weighted by Crippen LogP contribution is -2.36. The quantitative estimate of drug-likeness (QED) is 0.777. The Hall–Kier alpha value is -2.97. The van der Waals surface area contributed by atoms with E-state index in [4.69, 9.17) is 4.74 Å². The van der Waals surface area contributed by atoms with Gasteiger partial charge in [-0.25, -0.2) is 4.39 Å². The van der Waals surface area contributed by atoms with Gasteiger partial charge in [0.1, 0.15) is 17.4 Å². The van der Waals surface area contributed by atoms with Crippen molar-refractivity contribution in [1.82, 2.24) is 24.6 Å². The number of ether oxygens (including phenoxy) is 1. The van der Waals surface area contributed by atoms with Crippen LogP contribution in [0, 0.1) is 5.82 Å². The molecule has 0 radical (unpaired) electrons. The Morgan fingerprint density at radius 3 is 2.69 bits per heavy atom. The van der Waals surface area contributed by atoms with Crippen molar-refractivity contribution in [2.45, 2.75) is 38.8 Å². The summed E-state index contributed by atoms with van der Waals surface area (Å²) >= 11 is 0. The Kier molecular flexibility index (Phi) is 5.46. The summed E-state index contributed by atoms with van der Waals surface area (Å²) in [7, 11) is 0. The lowest BCUT2D eigenvalue weighted by molar-refractivity contribution is -0.134. The van der Waals surface area contributed by atoms with Gasteiger partial charge in [-0.1, -0.05) is 0 Å². The van der Waals surface area contributed by atoms with Crippen molar-refractivity contribution in [2.24, 2.45) is 0 Å². The summed E-state index contributed by atoms with van der Waals surface area (Å²) in [5.74, 6) is 1.66. The minimum atomic E-state index is -0.348. The fraction of sp³-hybridized carbons (Fsp3) is 0.500. The number of carbonyl (C=O) groups is 2. The van der Waals surface area contributed by atoms with E-state index in [2.05, 4.69) is 14.8 Å². The average Bonchev–Trinajstić information content (AvgIpc) is 3.28. The van der Waals surface area contributed by atoms with E-state index in [1.54, 1.807) is 11.8 Å². The van der Waals surface area contributed by atoms with Gasteiger partial charge in [0, 0.05) is 39.5 Å². The first-order chi connectivity index (χ1) is 14.0. The number of nitrogens with zero attached hydrogens (tertiary/aromatic N) is 5. The third-order valence-electron chi connectivity index (χ3n) is 5.55. The van der Waals surface area contributed by atoms with E-state index in [0.717, 1.165) is 24.5 Å². The molecular formula is C20H24FN5O3. The molecule has 1 fully saturated rings. The minimum Gasteiger partial charge on any atom is -0.484 e. The van der Waals surface area contributed by atoms with Crippen molar-refractivity contribution in [1.29, 1.82) is 0 Å². The largest absolute Gasteiger partial charge is 0.484 e. The van der Waals surface area contributed by atoms with Gasteiger partial charge in [-0.05, 0) is 37.1 Å². The van der Waals surface area contributed by atoms with Crippen molar-refractivity contribution in [3.05, 3.63) is 41.7 Å². The SMILES string of the molecule is CC(=O)N1CCc2nnc([C@@H]3CCCN3C(=O)COc3ccc(F)cc3)n2CC1. The second kappa shape index (κ2) is 8.18. The molecule has 1 saturated heterocycles. The standard InChI is InChI=1S/C20H24FN5O3/c1-14(27)24-10-8-18-22-23-20(26(18)12-11-24)17-3-2-9-25(17)19(28)13-29-16-6-4-15(21)5-7-16/h4-7,17H,2-3,8-13H2,1H3/t17-/m0/s1. The summed E-state index contributed by atoms with van der Waals surface area (Å²) < 4.78 is 20.6. The highest BCUT2D eigenvalue weighted by Crippen LogP contribution is 2.32. The molecule has 2 aromatic rings. The van der Waals surface area contributed by atoms with Gasteiger partial charge in [-0.15, -0.1) is 10.2 Å². The van der Waals surface area contributed by atoms with Gasteiger partial charge < -0.3 is 19.1 Å². The van der Waals surface area contributed by atoms with E-state index < -0.39 is 0 Å². The van der Waals surface area contributed by atoms with Crippen molar-refractivity contribution in [2.75, 3.05) is 26.2 Å². The maximum atomic E-state index is 13.0. The summed E-state index contributed by atoms with van der Waals surface area (Å²) in [6.07, 6.45) is 2.35. The molecule has 0 spiro atoms. The molecule has 154 valence electrons. The van der Waals surface area contributed by atoms with E-state index in [0.29, 0.717) is 38.3 Å². The number of benzene rings is 1. The smallest absolute Gasteiger partial charge is 0.261 e. The number of aromatic nitrogens is 3. The second-order valence-corrected chi connectivity index (χ2v) is 7.37. The molecule has 0 saturated carbocycles. The van der Waals surface area contributed by atoms with Crippen molar-refractivity contribution in [3.63, 3.8) is 0 Å². The molecule has 3 heterocycles. The number of hydrogen-bond donors (Lipinski definition) is 0. The Labute approximate surface area is 168 Å². The molecule has 1 aromatic heterocycles. The van der Waals surface area contributed by atoms with Crippen LogP contribution in [0.4, 0.5) is 4.39 Å². The van der Waals surface area contributed by atoms with Gasteiger partial charge in [-0.3, -0.25) is 9.59 Å². The molecule has 1 aromatic carbocycles. The summed E-state index contributed by atoms with van der Waals surface area (Å²) in [4.78, 5) is 28.1. The lowest BCUT2D eigenvalue weighted by Gasteiger charge is -2.25. The van der Waals surface area contributed by atoms with Crippen LogP contribution in [0.3, 0.4) is 0 Å². The van der Waals surface area contributed by atoms with Crippen LogP contribution in [-0.4, -0.2) is 62.6 Å². The molecule has 8 nitrogen and oxygen atoms in total. The molecule has 9 heteroatoms. The number of hydrogen-bond acceptors (Lipinski definition) is 5. The Balaban J connectivity index is 1.45. The summed E-state index contributed by atoms with van der Waals surface area (Å²) in [5, 5.41) is 8.71. The first-order valence-corrected chi connectivity index (χ1v) is 9.88. The number of likely N-dealkylation sites (tertiary alicyclic amines) is 1. The minimum absolute atomic E-state index is 0.0564. The summed E-state index contributed by atoms with van der Waals surface area (Å²) in [5.41, 5.74) is 0. The molecule has 0 unspecified atom stereocenters. The van der Waals surface area contributed by atoms with Crippen LogP contribution in [-0.2, 0) is 22.6 Å². The van der Waals surface area contributed by atoms with Gasteiger partial charge in [0.2, 0.25) is 5.91 Å². The highest BCUT2D eigenvalue weighted by molar-refractivity contribution is 5.78. The van der Waals surface area contributed by atoms with Gasteiger partial charge in [0.15, 0.2) is 12.4 Å². The molecular weight excluding hydrogens is 377 g/mol. The van der Waals surface area contributed by atoms with Crippen LogP contribution in [0.15, 0.2) is 24.3 Å². The van der Waals surface area contributed by atoms with E-state index >= 15 is 0 Å². The molecule has 2 amide bonds. The van der Waals surface area contributed by atoms with Gasteiger partial charge in [0.05, 0.1) is 6.04 Å². The van der Waals surface area contributed by atoms with Crippen molar-refractivity contribution >= 4 is 11.8 Å². The third kappa shape index (κ3) is 4.08. The fourth-order valence-electron chi connectivity index (χ4n) is 4.00. The van der Waals surface area contributed by atoms with E-state index in [-0.39, 0.29) is 30.3 Å². The van der Waals surface area contributed by atoms with Crippen LogP contribution >= 0.6 is 0 Å². The third-order valence-corrected chi connectivity index (χ3v) is 5.55. The van der Waals surface area contributed by atoms with Crippen LogP contribution in [0.25, 0.3) is 0 Å². The fourth-order valence-corrected chi connectivity index (χ4v) is 4.00. The van der Waals surface area contributed by atoms with Crippen LogP contribution in [0.5, 0.6) is 5.75 Å². The maximum absolute atomic E-state index is 13.0. The van der Waals surface area contributed by atoms with Crippen LogP contribution in [0.1, 0.15) is 37.5 Å². The average molecular weight is 401 g/mol. The van der Waals surface area contributed by atoms with E-state index in [9.17, 15) is 14.0 Å². The maximum Gasteiger partial charge on any atom is 0.261 e. The van der Waals surface area contributed by atoms with E-state index in [1.807, 2.05) is 4.90 Å². The predicted octanol–water partition coefficient (Wildman–Crippen LogP) is 1.56. The van der Waals surface area contributed by atoms with Crippen molar-refractivity contribution in [3.8, 4) is 5.75 Å². The zero-order valence-electron chi connectivity index (χ0n) is 16.4. The molecule has 2 aliphatic rings. The number of halogens is 1. The lowest BCUT2D eigenvalue weighted by atomic mass is 10.2. The van der Waals surface area contributed by atoms with Gasteiger partial charge in [0.25, 0.3) is 5.91 Å². The summed E-state index contributed by atoms with van der Waals surface area (Å²) in [6, 6.07) is 5.46. The molecule has 0 bridgehead atoms. The first-order valence-electron chi connectivity index (χ1n) is 9.88. The highest BCUT2D eigenvalue weighted by atomic mass is 19.1. The van der Waals surface area contributed by atoms with Gasteiger partial charge >= 0.3 is 0 Å². The monoisotopic (exact) mass is 401 g/mol. The molecule has 29 heavy (non-hydrogen) atoms. The second-order valence-electron chi connectivity index (χ2n) is 7.37. The molecule has 1 atom stereocenters. The molecule has 0 N–H and O–H groups in total. The first kappa shape index (κ1) is 19.4. The number of carbonyl (C=O) groups excluding carboxylic acids is 2. The highest BCUT2D eigenvalue weighted by Gasteiger charge is 2.35. The van der Waals surface area contributed by atoms with Gasteiger partial charge in [-0.2, -0.15) is 0 Å². The molecule has 2 aliphatic heterocycles. The number of amides is 2. The Morgan fingerprint density at radius 1 is 1.14 bits per heavy atom. The van der Waals surface area contributed by atoms with E-state index in [1.165, 1.54) is 24.3 Å². The zero-order chi connectivity index (χ0) is 20.4. The molecule has 4 rings (SSSR count). The normalized spacial score (nSPS) is 19.0. The van der Waals surface area contributed by atoms with Crippen LogP contribution < -0.4 is 4.74 Å². The number of rotatable bonds is 4. The molecule has 0 aliphatic carbocycles. The Morgan fingerprint density at radius 2 is 1.93 bits per heavy atom. The summed E-state index contributed by atoms with van der Waals surface area (Å²) in [6.45, 7) is 3.97. The predicted molar refractivity (Wildman–Crippen MR) is 102 cm³/mol. The van der Waals surface area contributed by atoms with Crippen LogP contribution in [0.2, 0.25) is 0 Å². The zero-order valence-corrected chi connectivity index (χ0v) is 16.4.